The zero-order valence-corrected chi connectivity index (χ0v) is 10.1. The van der Waals surface area contributed by atoms with Crippen molar-refractivity contribution in [2.45, 2.75) is 6.42 Å². The molecular formula is C15H14O3. The molecule has 3 heteroatoms. The van der Waals surface area contributed by atoms with Gasteiger partial charge in [0, 0.05) is 6.42 Å². The minimum Gasteiger partial charge on any atom is -0.508 e. The summed E-state index contributed by atoms with van der Waals surface area (Å²) in [5, 5.41) is 9.80. The second-order valence-electron chi connectivity index (χ2n) is 4.00. The maximum absolute atomic E-state index is 11.4. The first kappa shape index (κ1) is 12.2. The molecule has 0 aliphatic heterocycles. The summed E-state index contributed by atoms with van der Waals surface area (Å²) in [5.41, 5.74) is 2.24. The highest BCUT2D eigenvalue weighted by atomic mass is 16.5. The molecule has 0 saturated heterocycles. The Morgan fingerprint density at radius 3 is 2.56 bits per heavy atom. The van der Waals surface area contributed by atoms with Crippen molar-refractivity contribution in [3.8, 4) is 5.75 Å². The quantitative estimate of drug-likeness (QED) is 0.842. The van der Waals surface area contributed by atoms with Crippen LogP contribution in [0.25, 0.3) is 0 Å². The van der Waals surface area contributed by atoms with E-state index in [1.807, 2.05) is 30.3 Å². The molecule has 0 saturated carbocycles. The van der Waals surface area contributed by atoms with Crippen LogP contribution in [0, 0.1) is 0 Å². The lowest BCUT2D eigenvalue weighted by Gasteiger charge is -2.07. The third-order valence-corrected chi connectivity index (χ3v) is 2.74. The molecule has 3 nitrogen and oxygen atoms in total. The summed E-state index contributed by atoms with van der Waals surface area (Å²) in [5.74, 6) is -0.212. The molecule has 1 N–H and O–H groups in total. The second kappa shape index (κ2) is 5.36. The Morgan fingerprint density at radius 1 is 1.17 bits per heavy atom. The minimum absolute atomic E-state index is 0.187. The summed E-state index contributed by atoms with van der Waals surface area (Å²) in [6.45, 7) is 0. The monoisotopic (exact) mass is 242 g/mol. The molecule has 0 aliphatic carbocycles. The van der Waals surface area contributed by atoms with Crippen molar-refractivity contribution in [3.05, 3.63) is 65.2 Å². The number of phenols is 1. The van der Waals surface area contributed by atoms with Crippen molar-refractivity contribution in [1.29, 1.82) is 0 Å². The molecule has 0 spiro atoms. The Morgan fingerprint density at radius 2 is 1.89 bits per heavy atom. The Kier molecular flexibility index (Phi) is 3.63. The van der Waals surface area contributed by atoms with Gasteiger partial charge in [-0.2, -0.15) is 0 Å². The number of esters is 1. The number of benzene rings is 2. The predicted octanol–water partition coefficient (Wildman–Crippen LogP) is 2.77. The molecule has 0 radical (unpaired) electrons. The van der Waals surface area contributed by atoms with E-state index in [0.29, 0.717) is 17.5 Å². The molecule has 2 aromatic carbocycles. The lowest BCUT2D eigenvalue weighted by molar-refractivity contribution is 0.0600. The summed E-state index contributed by atoms with van der Waals surface area (Å²) in [4.78, 5) is 11.4. The summed E-state index contributed by atoms with van der Waals surface area (Å²) in [6, 6.07) is 14.5. The van der Waals surface area contributed by atoms with Crippen LogP contribution in [0.4, 0.5) is 0 Å². The molecule has 0 unspecified atom stereocenters. The van der Waals surface area contributed by atoms with Gasteiger partial charge in [0.2, 0.25) is 0 Å². The number of phenolic OH excluding ortho intramolecular Hbond substituents is 1. The summed E-state index contributed by atoms with van der Waals surface area (Å²) < 4.78 is 4.66. The van der Waals surface area contributed by atoms with Crippen molar-refractivity contribution in [3.63, 3.8) is 0 Å². The van der Waals surface area contributed by atoms with Gasteiger partial charge in [0.15, 0.2) is 0 Å². The van der Waals surface area contributed by atoms with E-state index in [1.165, 1.54) is 13.2 Å². The average Bonchev–Trinajstić information content (AvgIpc) is 2.41. The van der Waals surface area contributed by atoms with Crippen molar-refractivity contribution in [2.75, 3.05) is 7.11 Å². The van der Waals surface area contributed by atoms with Crippen LogP contribution in [0.15, 0.2) is 48.5 Å². The van der Waals surface area contributed by atoms with Crippen molar-refractivity contribution in [1.82, 2.24) is 0 Å². The van der Waals surface area contributed by atoms with Crippen molar-refractivity contribution < 1.29 is 14.6 Å². The Bertz CT molecular complexity index is 547. The molecule has 0 fully saturated rings. The normalized spacial score (nSPS) is 10.1. The third-order valence-electron chi connectivity index (χ3n) is 2.74. The maximum Gasteiger partial charge on any atom is 0.337 e. The van der Waals surface area contributed by atoms with Crippen LogP contribution < -0.4 is 0 Å². The molecule has 0 aliphatic rings. The lowest BCUT2D eigenvalue weighted by Crippen LogP contribution is -2.02. The average molecular weight is 242 g/mol. The fourth-order valence-electron chi connectivity index (χ4n) is 1.79. The lowest BCUT2D eigenvalue weighted by atomic mass is 10.0. The molecule has 2 aromatic rings. The van der Waals surface area contributed by atoms with Crippen molar-refractivity contribution in [2.24, 2.45) is 0 Å². The van der Waals surface area contributed by atoms with Gasteiger partial charge in [-0.15, -0.1) is 0 Å². The van der Waals surface area contributed by atoms with E-state index in [1.54, 1.807) is 12.1 Å². The van der Waals surface area contributed by atoms with Crippen LogP contribution in [-0.2, 0) is 11.2 Å². The molecule has 0 bridgehead atoms. The standard InChI is InChI=1S/C15H14O3/c1-18-15(17)12-7-8-14(16)13(10-12)9-11-5-3-2-4-6-11/h2-8,10,16H,9H2,1H3. The smallest absolute Gasteiger partial charge is 0.337 e. The highest BCUT2D eigenvalue weighted by Gasteiger charge is 2.09. The highest BCUT2D eigenvalue weighted by molar-refractivity contribution is 5.89. The van der Waals surface area contributed by atoms with Crippen LogP contribution in [0.5, 0.6) is 5.75 Å². The van der Waals surface area contributed by atoms with Gasteiger partial charge in [-0.3, -0.25) is 0 Å². The Hall–Kier alpha value is -2.29. The van der Waals surface area contributed by atoms with Crippen LogP contribution >= 0.6 is 0 Å². The van der Waals surface area contributed by atoms with Gasteiger partial charge < -0.3 is 9.84 Å². The van der Waals surface area contributed by atoms with E-state index in [0.717, 1.165) is 5.56 Å². The first-order chi connectivity index (χ1) is 8.70. The van der Waals surface area contributed by atoms with E-state index in [2.05, 4.69) is 4.74 Å². The largest absolute Gasteiger partial charge is 0.508 e. The number of hydrogen-bond donors (Lipinski definition) is 1. The molecule has 2 rings (SSSR count). The Labute approximate surface area is 106 Å². The number of rotatable bonds is 3. The van der Waals surface area contributed by atoms with Gasteiger partial charge in [0.05, 0.1) is 12.7 Å². The van der Waals surface area contributed by atoms with E-state index in [4.69, 9.17) is 0 Å². The highest BCUT2D eigenvalue weighted by Crippen LogP contribution is 2.22. The number of methoxy groups -OCH3 is 1. The number of carbonyl (C=O) groups is 1. The second-order valence-corrected chi connectivity index (χ2v) is 4.00. The van der Waals surface area contributed by atoms with Crippen LogP contribution in [-0.4, -0.2) is 18.2 Å². The van der Waals surface area contributed by atoms with Gasteiger partial charge >= 0.3 is 5.97 Å². The number of ether oxygens (including phenoxy) is 1. The topological polar surface area (TPSA) is 46.5 Å². The van der Waals surface area contributed by atoms with Crippen LogP contribution in [0.1, 0.15) is 21.5 Å². The van der Waals surface area contributed by atoms with E-state index >= 15 is 0 Å². The van der Waals surface area contributed by atoms with Crippen molar-refractivity contribution >= 4 is 5.97 Å². The van der Waals surface area contributed by atoms with E-state index in [-0.39, 0.29) is 5.75 Å². The molecular weight excluding hydrogens is 228 g/mol. The van der Waals surface area contributed by atoms with E-state index in [9.17, 15) is 9.90 Å². The zero-order valence-electron chi connectivity index (χ0n) is 10.1. The first-order valence-corrected chi connectivity index (χ1v) is 5.65. The summed E-state index contributed by atoms with van der Waals surface area (Å²) in [6.07, 6.45) is 0.581. The molecule has 92 valence electrons. The van der Waals surface area contributed by atoms with Gasteiger partial charge in [0.25, 0.3) is 0 Å². The first-order valence-electron chi connectivity index (χ1n) is 5.65. The minimum atomic E-state index is -0.399. The van der Waals surface area contributed by atoms with Gasteiger partial charge in [0.1, 0.15) is 5.75 Å². The molecule has 0 heterocycles. The summed E-state index contributed by atoms with van der Waals surface area (Å²) >= 11 is 0. The number of carbonyl (C=O) groups excluding carboxylic acids is 1. The Balaban J connectivity index is 2.30. The van der Waals surface area contributed by atoms with Crippen LogP contribution in [0.3, 0.4) is 0 Å². The maximum atomic E-state index is 11.4. The van der Waals surface area contributed by atoms with Gasteiger partial charge in [-0.25, -0.2) is 4.79 Å². The van der Waals surface area contributed by atoms with Gasteiger partial charge in [-0.05, 0) is 29.3 Å². The van der Waals surface area contributed by atoms with Crippen LogP contribution in [0.2, 0.25) is 0 Å². The predicted molar refractivity (Wildman–Crippen MR) is 68.7 cm³/mol. The van der Waals surface area contributed by atoms with E-state index < -0.39 is 5.97 Å². The zero-order chi connectivity index (χ0) is 13.0. The summed E-state index contributed by atoms with van der Waals surface area (Å²) in [7, 11) is 1.34. The number of hydrogen-bond acceptors (Lipinski definition) is 3. The molecule has 18 heavy (non-hydrogen) atoms. The molecule has 0 amide bonds. The fraction of sp³-hybridized carbons (Fsp3) is 0.133. The number of aromatic hydroxyl groups is 1. The third kappa shape index (κ3) is 2.69. The SMILES string of the molecule is COC(=O)c1ccc(O)c(Cc2ccccc2)c1. The molecule has 0 atom stereocenters. The fourth-order valence-corrected chi connectivity index (χ4v) is 1.79. The van der Waals surface area contributed by atoms with Gasteiger partial charge in [-0.1, -0.05) is 30.3 Å². The molecule has 0 aromatic heterocycles.